The highest BCUT2D eigenvalue weighted by Gasteiger charge is 2.14. The van der Waals surface area contributed by atoms with Gasteiger partial charge in [-0.25, -0.2) is 4.79 Å². The van der Waals surface area contributed by atoms with Crippen molar-refractivity contribution in [3.8, 4) is 0 Å². The number of benzene rings is 1. The number of esters is 1. The Hall–Kier alpha value is -2.10. The summed E-state index contributed by atoms with van der Waals surface area (Å²) in [6.45, 7) is 6.08. The summed E-state index contributed by atoms with van der Waals surface area (Å²) in [4.78, 5) is 26.9. The third-order valence-corrected chi connectivity index (χ3v) is 3.07. The number of nitrogens with one attached hydrogen (secondary N) is 1. The van der Waals surface area contributed by atoms with Crippen LogP contribution in [0.5, 0.6) is 0 Å². The molecule has 0 bridgehead atoms. The van der Waals surface area contributed by atoms with Gasteiger partial charge in [-0.15, -0.1) is 0 Å². The van der Waals surface area contributed by atoms with Crippen molar-refractivity contribution in [1.29, 1.82) is 0 Å². The second-order valence-electron chi connectivity index (χ2n) is 4.71. The summed E-state index contributed by atoms with van der Waals surface area (Å²) < 4.78 is 4.88. The van der Waals surface area contributed by atoms with E-state index in [4.69, 9.17) is 4.74 Å². The van der Waals surface area contributed by atoms with E-state index in [2.05, 4.69) is 18.8 Å². The van der Waals surface area contributed by atoms with Gasteiger partial charge in [-0.1, -0.05) is 19.9 Å². The molecule has 1 N–H and O–H groups in total. The predicted octanol–water partition coefficient (Wildman–Crippen LogP) is 2.83. The zero-order valence-electron chi connectivity index (χ0n) is 11.3. The molecule has 1 heterocycles. The Morgan fingerprint density at radius 2 is 2.11 bits per heavy atom. The van der Waals surface area contributed by atoms with Crippen LogP contribution in [0.2, 0.25) is 0 Å². The van der Waals surface area contributed by atoms with Gasteiger partial charge in [0.15, 0.2) is 0 Å². The number of carbonyl (C=O) groups excluding carboxylic acids is 1. The highest BCUT2D eigenvalue weighted by atomic mass is 16.5. The minimum Gasteiger partial charge on any atom is -0.462 e. The van der Waals surface area contributed by atoms with E-state index in [1.54, 1.807) is 6.92 Å². The van der Waals surface area contributed by atoms with Gasteiger partial charge in [0.05, 0.1) is 6.61 Å². The number of aromatic nitrogens is 1. The van der Waals surface area contributed by atoms with Crippen LogP contribution in [-0.4, -0.2) is 17.6 Å². The van der Waals surface area contributed by atoms with Crippen molar-refractivity contribution in [3.05, 3.63) is 45.7 Å². The van der Waals surface area contributed by atoms with Crippen molar-refractivity contribution >= 4 is 16.9 Å². The Balaban J connectivity index is 2.62. The maximum Gasteiger partial charge on any atom is 0.343 e. The van der Waals surface area contributed by atoms with Crippen molar-refractivity contribution in [2.45, 2.75) is 26.7 Å². The van der Waals surface area contributed by atoms with Crippen LogP contribution >= 0.6 is 0 Å². The van der Waals surface area contributed by atoms with E-state index in [0.29, 0.717) is 11.3 Å². The van der Waals surface area contributed by atoms with Crippen LogP contribution in [0.15, 0.2) is 29.2 Å². The second-order valence-corrected chi connectivity index (χ2v) is 4.71. The standard InChI is InChI=1S/C15H17NO3/c1-4-19-15(18)12-8-16-13-6-5-10(9(2)3)7-11(13)14(12)17/h5-9H,4H2,1-3H3,(H,16,17). The van der Waals surface area contributed by atoms with Crippen LogP contribution in [0.3, 0.4) is 0 Å². The Morgan fingerprint density at radius 3 is 2.74 bits per heavy atom. The van der Waals surface area contributed by atoms with E-state index in [-0.39, 0.29) is 17.6 Å². The van der Waals surface area contributed by atoms with Gasteiger partial charge in [-0.05, 0) is 30.5 Å². The fourth-order valence-corrected chi connectivity index (χ4v) is 1.96. The normalized spacial score (nSPS) is 10.9. The Labute approximate surface area is 111 Å². The molecule has 0 aliphatic carbocycles. The Kier molecular flexibility index (Phi) is 3.69. The van der Waals surface area contributed by atoms with Crippen molar-refractivity contribution in [1.82, 2.24) is 4.98 Å². The monoisotopic (exact) mass is 259 g/mol. The molecule has 0 fully saturated rings. The Bertz CT molecular complexity index is 671. The smallest absolute Gasteiger partial charge is 0.343 e. The van der Waals surface area contributed by atoms with Crippen LogP contribution in [0.1, 0.15) is 42.6 Å². The lowest BCUT2D eigenvalue weighted by atomic mass is 10.0. The largest absolute Gasteiger partial charge is 0.462 e. The Morgan fingerprint density at radius 1 is 1.37 bits per heavy atom. The molecule has 4 nitrogen and oxygen atoms in total. The lowest BCUT2D eigenvalue weighted by Gasteiger charge is -2.07. The minimum absolute atomic E-state index is 0.0512. The molecular formula is C15H17NO3. The topological polar surface area (TPSA) is 59.2 Å². The van der Waals surface area contributed by atoms with Gasteiger partial charge in [0.25, 0.3) is 0 Å². The summed E-state index contributed by atoms with van der Waals surface area (Å²) in [5, 5.41) is 0.525. The SMILES string of the molecule is CCOC(=O)c1c[nH]c2ccc(C(C)C)cc2c1=O. The molecule has 0 unspecified atom stereocenters. The van der Waals surface area contributed by atoms with Crippen LogP contribution in [-0.2, 0) is 4.74 Å². The summed E-state index contributed by atoms with van der Waals surface area (Å²) >= 11 is 0. The third kappa shape index (κ3) is 2.52. The van der Waals surface area contributed by atoms with Crippen LogP contribution in [0.25, 0.3) is 10.9 Å². The molecule has 2 rings (SSSR count). The molecule has 19 heavy (non-hydrogen) atoms. The average Bonchev–Trinajstić information content (AvgIpc) is 2.39. The summed E-state index contributed by atoms with van der Waals surface area (Å²) in [5.41, 5.74) is 1.56. The number of hydrogen-bond acceptors (Lipinski definition) is 3. The van der Waals surface area contributed by atoms with Gasteiger partial charge in [-0.3, -0.25) is 4.79 Å². The minimum atomic E-state index is -0.583. The quantitative estimate of drug-likeness (QED) is 0.862. The maximum atomic E-state index is 12.3. The predicted molar refractivity (Wildman–Crippen MR) is 74.6 cm³/mol. The lowest BCUT2D eigenvalue weighted by molar-refractivity contribution is 0.0524. The van der Waals surface area contributed by atoms with E-state index in [0.717, 1.165) is 11.1 Å². The number of rotatable bonds is 3. The van der Waals surface area contributed by atoms with Gasteiger partial charge < -0.3 is 9.72 Å². The van der Waals surface area contributed by atoms with E-state index in [9.17, 15) is 9.59 Å². The maximum absolute atomic E-state index is 12.3. The van der Waals surface area contributed by atoms with Crippen LogP contribution in [0.4, 0.5) is 0 Å². The molecule has 0 amide bonds. The molecule has 1 aromatic heterocycles. The van der Waals surface area contributed by atoms with Gasteiger partial charge in [0, 0.05) is 17.1 Å². The lowest BCUT2D eigenvalue weighted by Crippen LogP contribution is -2.18. The first-order valence-electron chi connectivity index (χ1n) is 6.37. The summed E-state index contributed by atoms with van der Waals surface area (Å²) in [5.74, 6) is -0.254. The number of ether oxygens (including phenoxy) is 1. The molecule has 1 aromatic carbocycles. The average molecular weight is 259 g/mol. The first-order valence-corrected chi connectivity index (χ1v) is 6.37. The van der Waals surface area contributed by atoms with Gasteiger partial charge in [-0.2, -0.15) is 0 Å². The molecule has 0 spiro atoms. The number of aromatic amines is 1. The highest BCUT2D eigenvalue weighted by molar-refractivity contribution is 5.93. The van der Waals surface area contributed by atoms with Gasteiger partial charge in [0.2, 0.25) is 5.43 Å². The van der Waals surface area contributed by atoms with Gasteiger partial charge >= 0.3 is 5.97 Å². The van der Waals surface area contributed by atoms with E-state index in [1.807, 2.05) is 18.2 Å². The summed E-state index contributed by atoms with van der Waals surface area (Å²) in [6.07, 6.45) is 1.41. The molecule has 0 saturated heterocycles. The first kappa shape index (κ1) is 13.3. The fourth-order valence-electron chi connectivity index (χ4n) is 1.96. The number of fused-ring (bicyclic) bond motifs is 1. The summed E-state index contributed by atoms with van der Waals surface area (Å²) in [6, 6.07) is 5.68. The van der Waals surface area contributed by atoms with Crippen molar-refractivity contribution < 1.29 is 9.53 Å². The summed E-state index contributed by atoms with van der Waals surface area (Å²) in [7, 11) is 0. The molecule has 4 heteroatoms. The molecule has 0 aliphatic rings. The number of hydrogen-bond donors (Lipinski definition) is 1. The zero-order chi connectivity index (χ0) is 14.0. The van der Waals surface area contributed by atoms with Crippen molar-refractivity contribution in [2.24, 2.45) is 0 Å². The number of H-pyrrole nitrogens is 1. The van der Waals surface area contributed by atoms with Crippen LogP contribution < -0.4 is 5.43 Å². The van der Waals surface area contributed by atoms with E-state index < -0.39 is 5.97 Å². The molecule has 0 aliphatic heterocycles. The van der Waals surface area contributed by atoms with Crippen molar-refractivity contribution in [3.63, 3.8) is 0 Å². The van der Waals surface area contributed by atoms with Crippen LogP contribution in [0, 0.1) is 0 Å². The highest BCUT2D eigenvalue weighted by Crippen LogP contribution is 2.18. The molecule has 100 valence electrons. The molecule has 0 saturated carbocycles. The van der Waals surface area contributed by atoms with E-state index in [1.165, 1.54) is 6.20 Å². The van der Waals surface area contributed by atoms with E-state index >= 15 is 0 Å². The fraction of sp³-hybridized carbons (Fsp3) is 0.333. The first-order chi connectivity index (χ1) is 9.04. The number of pyridine rings is 1. The molecule has 2 aromatic rings. The molecule has 0 radical (unpaired) electrons. The molecular weight excluding hydrogens is 242 g/mol. The zero-order valence-corrected chi connectivity index (χ0v) is 11.3. The third-order valence-electron chi connectivity index (χ3n) is 3.07. The van der Waals surface area contributed by atoms with Crippen molar-refractivity contribution in [2.75, 3.05) is 6.61 Å². The number of carbonyl (C=O) groups is 1. The second kappa shape index (κ2) is 5.26. The molecule has 0 atom stereocenters. The van der Waals surface area contributed by atoms with Gasteiger partial charge in [0.1, 0.15) is 5.56 Å².